The number of nitrogen functional groups attached to an aromatic ring is 1. The Morgan fingerprint density at radius 2 is 1.85 bits per heavy atom. The lowest BCUT2D eigenvalue weighted by atomic mass is 10.2. The van der Waals surface area contributed by atoms with Crippen LogP contribution in [-0.2, 0) is 0 Å². The standard InChI is InChI=1S/C15H15ClN4/c1-20(2)11-5-3-9(4-6-11)15-18-13-8-10(16)7-12(17)14(13)19-15/h3-8H,17H2,1-2H3,(H,18,19). The molecule has 20 heavy (non-hydrogen) atoms. The van der Waals surface area contributed by atoms with E-state index in [1.165, 1.54) is 0 Å². The van der Waals surface area contributed by atoms with E-state index in [1.807, 2.05) is 32.3 Å². The number of aromatic nitrogens is 2. The van der Waals surface area contributed by atoms with Crippen molar-refractivity contribution in [1.82, 2.24) is 9.97 Å². The van der Waals surface area contributed by atoms with Crippen molar-refractivity contribution in [2.45, 2.75) is 0 Å². The van der Waals surface area contributed by atoms with Gasteiger partial charge in [0.1, 0.15) is 11.3 Å². The van der Waals surface area contributed by atoms with Gasteiger partial charge >= 0.3 is 0 Å². The highest BCUT2D eigenvalue weighted by Crippen LogP contribution is 2.28. The second-order valence-corrected chi connectivity index (χ2v) is 5.35. The fourth-order valence-electron chi connectivity index (χ4n) is 2.16. The fourth-order valence-corrected chi connectivity index (χ4v) is 2.39. The molecule has 0 aliphatic rings. The Balaban J connectivity index is 2.08. The molecule has 1 heterocycles. The zero-order valence-corrected chi connectivity index (χ0v) is 12.1. The lowest BCUT2D eigenvalue weighted by Crippen LogP contribution is -2.07. The number of anilines is 2. The van der Waals surface area contributed by atoms with Crippen LogP contribution in [-0.4, -0.2) is 24.1 Å². The van der Waals surface area contributed by atoms with Gasteiger partial charge in [-0.15, -0.1) is 0 Å². The maximum absolute atomic E-state index is 6.00. The van der Waals surface area contributed by atoms with Gasteiger partial charge in [-0.25, -0.2) is 4.98 Å². The predicted molar refractivity (Wildman–Crippen MR) is 85.3 cm³/mol. The first-order chi connectivity index (χ1) is 9.54. The van der Waals surface area contributed by atoms with E-state index in [0.29, 0.717) is 10.7 Å². The van der Waals surface area contributed by atoms with Crippen LogP contribution < -0.4 is 10.6 Å². The first-order valence-electron chi connectivity index (χ1n) is 6.27. The van der Waals surface area contributed by atoms with Crippen LogP contribution in [0.4, 0.5) is 11.4 Å². The number of nitrogens with zero attached hydrogens (tertiary/aromatic N) is 2. The van der Waals surface area contributed by atoms with Crippen LogP contribution in [0.1, 0.15) is 0 Å². The van der Waals surface area contributed by atoms with Crippen molar-refractivity contribution in [2.75, 3.05) is 24.7 Å². The Labute approximate surface area is 122 Å². The Hall–Kier alpha value is -2.20. The van der Waals surface area contributed by atoms with Crippen molar-refractivity contribution in [3.05, 3.63) is 41.4 Å². The average Bonchev–Trinajstić information content (AvgIpc) is 2.83. The topological polar surface area (TPSA) is 57.9 Å². The number of benzene rings is 2. The van der Waals surface area contributed by atoms with E-state index in [1.54, 1.807) is 6.07 Å². The molecule has 0 bridgehead atoms. The highest BCUT2D eigenvalue weighted by molar-refractivity contribution is 6.31. The van der Waals surface area contributed by atoms with E-state index < -0.39 is 0 Å². The van der Waals surface area contributed by atoms with Crippen LogP contribution in [0, 0.1) is 0 Å². The molecule has 3 rings (SSSR count). The zero-order valence-electron chi connectivity index (χ0n) is 11.3. The fraction of sp³-hybridized carbons (Fsp3) is 0.133. The molecule has 3 aromatic rings. The number of imidazole rings is 1. The van der Waals surface area contributed by atoms with Crippen LogP contribution in [0.3, 0.4) is 0 Å². The molecule has 0 amide bonds. The van der Waals surface area contributed by atoms with E-state index in [9.17, 15) is 0 Å². The number of H-pyrrole nitrogens is 1. The second-order valence-electron chi connectivity index (χ2n) is 4.92. The van der Waals surface area contributed by atoms with E-state index in [4.69, 9.17) is 17.3 Å². The van der Waals surface area contributed by atoms with Crippen molar-refractivity contribution >= 4 is 34.0 Å². The summed E-state index contributed by atoms with van der Waals surface area (Å²) in [6.07, 6.45) is 0. The van der Waals surface area contributed by atoms with Crippen molar-refractivity contribution in [2.24, 2.45) is 0 Å². The van der Waals surface area contributed by atoms with Gasteiger partial charge < -0.3 is 15.6 Å². The minimum atomic E-state index is 0.583. The maximum Gasteiger partial charge on any atom is 0.138 e. The molecule has 0 aliphatic heterocycles. The summed E-state index contributed by atoms with van der Waals surface area (Å²) in [5, 5.41) is 0.605. The van der Waals surface area contributed by atoms with Crippen LogP contribution in [0.15, 0.2) is 36.4 Å². The molecule has 0 unspecified atom stereocenters. The highest BCUT2D eigenvalue weighted by atomic mass is 35.5. The molecular weight excluding hydrogens is 272 g/mol. The van der Waals surface area contributed by atoms with E-state index in [2.05, 4.69) is 27.0 Å². The third-order valence-electron chi connectivity index (χ3n) is 3.24. The molecule has 102 valence electrons. The number of aromatic amines is 1. The summed E-state index contributed by atoms with van der Waals surface area (Å²) >= 11 is 6.00. The largest absolute Gasteiger partial charge is 0.397 e. The summed E-state index contributed by atoms with van der Waals surface area (Å²) in [5.74, 6) is 0.791. The van der Waals surface area contributed by atoms with Crippen molar-refractivity contribution in [1.29, 1.82) is 0 Å². The molecule has 4 nitrogen and oxygen atoms in total. The van der Waals surface area contributed by atoms with Gasteiger partial charge in [0.05, 0.1) is 11.2 Å². The molecule has 5 heteroatoms. The summed E-state index contributed by atoms with van der Waals surface area (Å²) in [7, 11) is 4.03. The molecule has 0 atom stereocenters. The Morgan fingerprint density at radius 1 is 1.15 bits per heavy atom. The molecule has 0 radical (unpaired) electrons. The first-order valence-corrected chi connectivity index (χ1v) is 6.65. The Morgan fingerprint density at radius 3 is 2.50 bits per heavy atom. The minimum absolute atomic E-state index is 0.583. The molecule has 0 spiro atoms. The van der Waals surface area contributed by atoms with Gasteiger partial charge in [0.2, 0.25) is 0 Å². The first kappa shape index (κ1) is 12.8. The third-order valence-corrected chi connectivity index (χ3v) is 3.46. The van der Waals surface area contributed by atoms with Crippen molar-refractivity contribution in [3.63, 3.8) is 0 Å². The number of nitrogens with one attached hydrogen (secondary N) is 1. The monoisotopic (exact) mass is 286 g/mol. The van der Waals surface area contributed by atoms with E-state index in [-0.39, 0.29) is 0 Å². The Kier molecular flexibility index (Phi) is 3.03. The van der Waals surface area contributed by atoms with E-state index >= 15 is 0 Å². The molecule has 0 fully saturated rings. The van der Waals surface area contributed by atoms with Crippen LogP contribution in [0.5, 0.6) is 0 Å². The molecule has 2 aromatic carbocycles. The second kappa shape index (κ2) is 4.72. The third kappa shape index (κ3) is 2.18. The molecule has 1 aromatic heterocycles. The Bertz CT molecular complexity index is 759. The van der Waals surface area contributed by atoms with Crippen LogP contribution >= 0.6 is 11.6 Å². The number of nitrogens with two attached hydrogens (primary N) is 1. The van der Waals surface area contributed by atoms with Gasteiger partial charge in [-0.2, -0.15) is 0 Å². The summed E-state index contributed by atoms with van der Waals surface area (Å²) in [6.45, 7) is 0. The van der Waals surface area contributed by atoms with Crippen LogP contribution in [0.2, 0.25) is 5.02 Å². The lowest BCUT2D eigenvalue weighted by Gasteiger charge is -2.11. The SMILES string of the molecule is CN(C)c1ccc(-c2nc3c(N)cc(Cl)cc3[nH]2)cc1. The summed E-state index contributed by atoms with van der Waals surface area (Å²) in [5.41, 5.74) is 10.3. The summed E-state index contributed by atoms with van der Waals surface area (Å²) < 4.78 is 0. The number of fused-ring (bicyclic) bond motifs is 1. The lowest BCUT2D eigenvalue weighted by molar-refractivity contribution is 1.13. The van der Waals surface area contributed by atoms with Gasteiger partial charge in [-0.05, 0) is 36.4 Å². The van der Waals surface area contributed by atoms with Gasteiger partial charge in [-0.1, -0.05) is 11.6 Å². The smallest absolute Gasteiger partial charge is 0.138 e. The summed E-state index contributed by atoms with van der Waals surface area (Å²) in [4.78, 5) is 9.85. The normalized spacial score (nSPS) is 10.9. The highest BCUT2D eigenvalue weighted by Gasteiger charge is 2.09. The zero-order chi connectivity index (χ0) is 14.3. The van der Waals surface area contributed by atoms with Crippen LogP contribution in [0.25, 0.3) is 22.4 Å². The van der Waals surface area contributed by atoms with Gasteiger partial charge in [0.15, 0.2) is 0 Å². The van der Waals surface area contributed by atoms with Gasteiger partial charge in [-0.3, -0.25) is 0 Å². The molecule has 0 saturated heterocycles. The molecule has 0 saturated carbocycles. The average molecular weight is 287 g/mol. The van der Waals surface area contributed by atoms with E-state index in [0.717, 1.165) is 28.1 Å². The number of hydrogen-bond acceptors (Lipinski definition) is 3. The molecular formula is C15H15ClN4. The van der Waals surface area contributed by atoms with Crippen molar-refractivity contribution in [3.8, 4) is 11.4 Å². The minimum Gasteiger partial charge on any atom is -0.397 e. The number of rotatable bonds is 2. The van der Waals surface area contributed by atoms with Gasteiger partial charge in [0, 0.05) is 30.4 Å². The van der Waals surface area contributed by atoms with Gasteiger partial charge in [0.25, 0.3) is 0 Å². The number of halogens is 1. The summed E-state index contributed by atoms with van der Waals surface area (Å²) in [6, 6.07) is 11.7. The predicted octanol–water partition coefficient (Wildman–Crippen LogP) is 3.53. The molecule has 0 aliphatic carbocycles. The number of hydrogen-bond donors (Lipinski definition) is 2. The maximum atomic E-state index is 6.00. The quantitative estimate of drug-likeness (QED) is 0.709. The molecule has 3 N–H and O–H groups in total. The van der Waals surface area contributed by atoms with Crippen molar-refractivity contribution < 1.29 is 0 Å².